The van der Waals surface area contributed by atoms with Crippen LogP contribution in [0.3, 0.4) is 0 Å². The molecular weight excluding hydrogens is 274 g/mol. The van der Waals surface area contributed by atoms with Gasteiger partial charge < -0.3 is 10.1 Å². The monoisotopic (exact) mass is 297 g/mol. The summed E-state index contributed by atoms with van der Waals surface area (Å²) in [6, 6.07) is 15.8. The fraction of sp³-hybridized carbons (Fsp3) is 0.316. The lowest BCUT2D eigenvalue weighted by Crippen LogP contribution is -2.13. The number of hydrogen-bond acceptors (Lipinski definition) is 2. The molecule has 2 aromatic carbocycles. The summed E-state index contributed by atoms with van der Waals surface area (Å²) in [5.41, 5.74) is 3.15. The number of ether oxygens (including phenoxy) is 1. The second kappa shape index (κ2) is 8.23. The van der Waals surface area contributed by atoms with Crippen molar-refractivity contribution in [2.45, 2.75) is 33.1 Å². The van der Waals surface area contributed by atoms with Crippen LogP contribution in [-0.4, -0.2) is 12.5 Å². The van der Waals surface area contributed by atoms with Gasteiger partial charge in [-0.25, -0.2) is 0 Å². The van der Waals surface area contributed by atoms with Gasteiger partial charge in [-0.3, -0.25) is 4.79 Å². The van der Waals surface area contributed by atoms with Crippen LogP contribution in [0.5, 0.6) is 5.75 Å². The Morgan fingerprint density at radius 3 is 2.55 bits per heavy atom. The number of carbonyl (C=O) groups is 1. The van der Waals surface area contributed by atoms with E-state index in [2.05, 4.69) is 43.4 Å². The summed E-state index contributed by atoms with van der Waals surface area (Å²) in [6.07, 6.45) is 2.14. The van der Waals surface area contributed by atoms with Crippen molar-refractivity contribution in [1.29, 1.82) is 0 Å². The molecule has 0 aliphatic heterocycles. The van der Waals surface area contributed by atoms with Crippen LogP contribution in [0.4, 0.5) is 5.69 Å². The van der Waals surface area contributed by atoms with Crippen molar-refractivity contribution in [1.82, 2.24) is 0 Å². The zero-order valence-electron chi connectivity index (χ0n) is 13.3. The fourth-order valence-corrected chi connectivity index (χ4v) is 2.13. The number of rotatable bonds is 7. The molecule has 0 saturated heterocycles. The Kier molecular flexibility index (Phi) is 6.01. The molecule has 0 bridgehead atoms. The number of para-hydroxylation sites is 2. The van der Waals surface area contributed by atoms with E-state index in [1.54, 1.807) is 0 Å². The van der Waals surface area contributed by atoms with E-state index in [0.29, 0.717) is 13.0 Å². The predicted octanol–water partition coefficient (Wildman–Crippen LogP) is 4.36. The zero-order valence-corrected chi connectivity index (χ0v) is 13.3. The van der Waals surface area contributed by atoms with E-state index in [1.807, 2.05) is 24.3 Å². The highest BCUT2D eigenvalue weighted by Gasteiger charge is 2.07. The van der Waals surface area contributed by atoms with Gasteiger partial charge in [-0.15, -0.1) is 0 Å². The molecule has 0 aromatic heterocycles. The van der Waals surface area contributed by atoms with Crippen molar-refractivity contribution in [3.8, 4) is 5.75 Å². The molecule has 0 radical (unpaired) electrons. The lowest BCUT2D eigenvalue weighted by Gasteiger charge is -2.12. The highest BCUT2D eigenvalue weighted by Crippen LogP contribution is 2.24. The van der Waals surface area contributed by atoms with Gasteiger partial charge >= 0.3 is 0 Å². The van der Waals surface area contributed by atoms with E-state index < -0.39 is 0 Å². The number of hydrogen-bond donors (Lipinski definition) is 1. The Labute approximate surface area is 132 Å². The van der Waals surface area contributed by atoms with Crippen LogP contribution in [-0.2, 0) is 11.2 Å². The first-order valence-electron chi connectivity index (χ1n) is 7.76. The molecular formula is C19H23NO2. The van der Waals surface area contributed by atoms with Crippen LogP contribution in [0.15, 0.2) is 48.5 Å². The SMILES string of the molecule is CCCOc1ccccc1NC(=O)CCc1ccc(C)cc1. The van der Waals surface area contributed by atoms with Gasteiger partial charge in [-0.2, -0.15) is 0 Å². The van der Waals surface area contributed by atoms with Crippen LogP contribution in [0.1, 0.15) is 30.9 Å². The summed E-state index contributed by atoms with van der Waals surface area (Å²) in [5, 5.41) is 2.94. The lowest BCUT2D eigenvalue weighted by molar-refractivity contribution is -0.116. The van der Waals surface area contributed by atoms with Gasteiger partial charge in [0.05, 0.1) is 12.3 Å². The van der Waals surface area contributed by atoms with Gasteiger partial charge in [0, 0.05) is 6.42 Å². The van der Waals surface area contributed by atoms with Crippen molar-refractivity contribution in [3.05, 3.63) is 59.7 Å². The van der Waals surface area contributed by atoms with E-state index in [9.17, 15) is 4.79 Å². The third kappa shape index (κ3) is 4.92. The molecule has 0 unspecified atom stereocenters. The minimum atomic E-state index is 0.00752. The standard InChI is InChI=1S/C19H23NO2/c1-3-14-22-18-7-5-4-6-17(18)20-19(21)13-12-16-10-8-15(2)9-11-16/h4-11H,3,12-14H2,1-2H3,(H,20,21). The largest absolute Gasteiger partial charge is 0.491 e. The maximum absolute atomic E-state index is 12.1. The van der Waals surface area contributed by atoms with Gasteiger partial charge in [-0.1, -0.05) is 48.9 Å². The van der Waals surface area contributed by atoms with E-state index in [-0.39, 0.29) is 5.91 Å². The Balaban J connectivity index is 1.90. The molecule has 0 aliphatic carbocycles. The Morgan fingerprint density at radius 2 is 1.82 bits per heavy atom. The summed E-state index contributed by atoms with van der Waals surface area (Å²) in [6.45, 7) is 4.77. The van der Waals surface area contributed by atoms with Crippen LogP contribution in [0.2, 0.25) is 0 Å². The van der Waals surface area contributed by atoms with Crippen molar-refractivity contribution in [2.75, 3.05) is 11.9 Å². The molecule has 116 valence electrons. The third-order valence-corrected chi connectivity index (χ3v) is 3.38. The lowest BCUT2D eigenvalue weighted by atomic mass is 10.1. The predicted molar refractivity (Wildman–Crippen MR) is 90.4 cm³/mol. The van der Waals surface area contributed by atoms with Crippen LogP contribution >= 0.6 is 0 Å². The zero-order chi connectivity index (χ0) is 15.8. The maximum atomic E-state index is 12.1. The fourth-order valence-electron chi connectivity index (χ4n) is 2.13. The summed E-state index contributed by atoms with van der Waals surface area (Å²) >= 11 is 0. The van der Waals surface area contributed by atoms with Crippen molar-refractivity contribution in [3.63, 3.8) is 0 Å². The number of amides is 1. The number of aryl methyl sites for hydroxylation is 2. The molecule has 0 heterocycles. The first-order valence-corrected chi connectivity index (χ1v) is 7.76. The summed E-state index contributed by atoms with van der Waals surface area (Å²) in [5.74, 6) is 0.737. The normalized spacial score (nSPS) is 10.3. The van der Waals surface area contributed by atoms with Crippen LogP contribution < -0.4 is 10.1 Å². The van der Waals surface area contributed by atoms with E-state index in [4.69, 9.17) is 4.74 Å². The quantitative estimate of drug-likeness (QED) is 0.825. The highest BCUT2D eigenvalue weighted by molar-refractivity contribution is 5.92. The first-order chi connectivity index (χ1) is 10.7. The molecule has 2 rings (SSSR count). The first kappa shape index (κ1) is 16.1. The third-order valence-electron chi connectivity index (χ3n) is 3.38. The van der Waals surface area contributed by atoms with Crippen LogP contribution in [0, 0.1) is 6.92 Å². The average Bonchev–Trinajstić information content (AvgIpc) is 2.53. The molecule has 3 heteroatoms. The topological polar surface area (TPSA) is 38.3 Å². The second-order valence-electron chi connectivity index (χ2n) is 5.38. The average molecular weight is 297 g/mol. The molecule has 0 fully saturated rings. The van der Waals surface area contributed by atoms with Crippen molar-refractivity contribution >= 4 is 11.6 Å². The van der Waals surface area contributed by atoms with Gasteiger partial charge in [-0.05, 0) is 37.5 Å². The molecule has 0 atom stereocenters. The smallest absolute Gasteiger partial charge is 0.224 e. The summed E-state index contributed by atoms with van der Waals surface area (Å²) in [4.78, 5) is 12.1. The van der Waals surface area contributed by atoms with E-state index in [1.165, 1.54) is 11.1 Å². The van der Waals surface area contributed by atoms with E-state index in [0.717, 1.165) is 24.3 Å². The van der Waals surface area contributed by atoms with Crippen LogP contribution in [0.25, 0.3) is 0 Å². The second-order valence-corrected chi connectivity index (χ2v) is 5.38. The molecule has 0 aliphatic rings. The summed E-state index contributed by atoms with van der Waals surface area (Å²) < 4.78 is 5.65. The Hall–Kier alpha value is -2.29. The van der Waals surface area contributed by atoms with Gasteiger partial charge in [0.15, 0.2) is 0 Å². The minimum Gasteiger partial charge on any atom is -0.491 e. The number of nitrogens with one attached hydrogen (secondary N) is 1. The molecule has 3 nitrogen and oxygen atoms in total. The molecule has 0 saturated carbocycles. The summed E-state index contributed by atoms with van der Waals surface area (Å²) in [7, 11) is 0. The van der Waals surface area contributed by atoms with Gasteiger partial charge in [0.1, 0.15) is 5.75 Å². The molecule has 1 amide bonds. The number of carbonyl (C=O) groups excluding carboxylic acids is 1. The minimum absolute atomic E-state index is 0.00752. The highest BCUT2D eigenvalue weighted by atomic mass is 16.5. The molecule has 2 aromatic rings. The van der Waals surface area contributed by atoms with Gasteiger partial charge in [0.25, 0.3) is 0 Å². The molecule has 22 heavy (non-hydrogen) atoms. The van der Waals surface area contributed by atoms with E-state index >= 15 is 0 Å². The Morgan fingerprint density at radius 1 is 1.09 bits per heavy atom. The molecule has 1 N–H and O–H groups in total. The maximum Gasteiger partial charge on any atom is 0.224 e. The van der Waals surface area contributed by atoms with Crippen molar-refractivity contribution < 1.29 is 9.53 Å². The van der Waals surface area contributed by atoms with Gasteiger partial charge in [0.2, 0.25) is 5.91 Å². The van der Waals surface area contributed by atoms with Crippen molar-refractivity contribution in [2.24, 2.45) is 0 Å². The molecule has 0 spiro atoms. The Bertz CT molecular complexity index is 605. The number of anilines is 1. The number of benzene rings is 2.